The Kier molecular flexibility index (Phi) is 5.08. The third-order valence-electron chi connectivity index (χ3n) is 4.30. The second kappa shape index (κ2) is 7.27. The Hall–Kier alpha value is -2.34. The molecule has 0 unspecified atom stereocenters. The molecule has 0 fully saturated rings. The summed E-state index contributed by atoms with van der Waals surface area (Å²) in [6.45, 7) is 1.93. The standard InChI is InChI=1S/C19H21NO4S/c1-2-24-19(21)17-9-5-6-10-18(17)20-25(22,23)16-12-11-14-7-3-4-8-15(14)13-16/h5-6,9-13,20H,2-4,7-8H2,1H3. The van der Waals surface area contributed by atoms with Gasteiger partial charge in [0.1, 0.15) is 0 Å². The molecule has 0 radical (unpaired) electrons. The number of esters is 1. The first-order chi connectivity index (χ1) is 12.0. The van der Waals surface area contributed by atoms with Crippen molar-refractivity contribution in [3.8, 4) is 0 Å². The van der Waals surface area contributed by atoms with Crippen molar-refractivity contribution in [1.82, 2.24) is 0 Å². The van der Waals surface area contributed by atoms with Gasteiger partial charge in [-0.05, 0) is 68.0 Å². The monoisotopic (exact) mass is 359 g/mol. The number of hydrogen-bond acceptors (Lipinski definition) is 4. The summed E-state index contributed by atoms with van der Waals surface area (Å²) in [5.41, 5.74) is 2.73. The normalized spacial score (nSPS) is 13.8. The van der Waals surface area contributed by atoms with E-state index < -0.39 is 16.0 Å². The predicted octanol–water partition coefficient (Wildman–Crippen LogP) is 3.54. The largest absolute Gasteiger partial charge is 0.462 e. The maximum atomic E-state index is 12.8. The van der Waals surface area contributed by atoms with Crippen LogP contribution in [-0.4, -0.2) is 21.0 Å². The fraction of sp³-hybridized carbons (Fsp3) is 0.316. The lowest BCUT2D eigenvalue weighted by Gasteiger charge is -2.17. The predicted molar refractivity (Wildman–Crippen MR) is 96.3 cm³/mol. The number of hydrogen-bond donors (Lipinski definition) is 1. The molecule has 0 heterocycles. The Balaban J connectivity index is 1.91. The molecule has 2 aromatic rings. The molecule has 25 heavy (non-hydrogen) atoms. The number of carbonyl (C=O) groups is 1. The van der Waals surface area contributed by atoms with Crippen LogP contribution in [0.15, 0.2) is 47.4 Å². The summed E-state index contributed by atoms with van der Waals surface area (Å²) >= 11 is 0. The number of rotatable bonds is 5. The van der Waals surface area contributed by atoms with E-state index in [1.165, 1.54) is 5.56 Å². The van der Waals surface area contributed by atoms with E-state index in [-0.39, 0.29) is 22.8 Å². The average molecular weight is 359 g/mol. The zero-order valence-corrected chi connectivity index (χ0v) is 14.9. The van der Waals surface area contributed by atoms with E-state index in [1.807, 2.05) is 6.07 Å². The van der Waals surface area contributed by atoms with Gasteiger partial charge in [0, 0.05) is 0 Å². The summed E-state index contributed by atoms with van der Waals surface area (Å²) in [6, 6.07) is 11.7. The highest BCUT2D eigenvalue weighted by molar-refractivity contribution is 7.92. The van der Waals surface area contributed by atoms with Crippen LogP contribution in [0.1, 0.15) is 41.3 Å². The lowest BCUT2D eigenvalue weighted by atomic mass is 9.92. The zero-order chi connectivity index (χ0) is 17.9. The molecule has 1 aliphatic rings. The smallest absolute Gasteiger partial charge is 0.340 e. The molecule has 5 nitrogen and oxygen atoms in total. The van der Waals surface area contributed by atoms with Crippen molar-refractivity contribution < 1.29 is 17.9 Å². The molecule has 0 saturated carbocycles. The SMILES string of the molecule is CCOC(=O)c1ccccc1NS(=O)(=O)c1ccc2c(c1)CCCC2. The average Bonchev–Trinajstić information content (AvgIpc) is 2.61. The molecule has 6 heteroatoms. The van der Waals surface area contributed by atoms with Crippen molar-refractivity contribution in [3.63, 3.8) is 0 Å². The van der Waals surface area contributed by atoms with E-state index in [1.54, 1.807) is 43.3 Å². The molecular formula is C19H21NO4S. The van der Waals surface area contributed by atoms with E-state index in [0.29, 0.717) is 0 Å². The van der Waals surface area contributed by atoms with Crippen LogP contribution in [0, 0.1) is 0 Å². The Labute approximate surface area is 148 Å². The minimum Gasteiger partial charge on any atom is -0.462 e. The molecule has 0 atom stereocenters. The fourth-order valence-electron chi connectivity index (χ4n) is 3.04. The highest BCUT2D eigenvalue weighted by Crippen LogP contribution is 2.26. The second-order valence-corrected chi connectivity index (χ2v) is 7.69. The Morgan fingerprint density at radius 2 is 1.80 bits per heavy atom. The maximum absolute atomic E-state index is 12.8. The van der Waals surface area contributed by atoms with Crippen molar-refractivity contribution in [1.29, 1.82) is 0 Å². The van der Waals surface area contributed by atoms with Crippen LogP contribution in [0.2, 0.25) is 0 Å². The lowest BCUT2D eigenvalue weighted by Crippen LogP contribution is -2.17. The first kappa shape index (κ1) is 17.5. The lowest BCUT2D eigenvalue weighted by molar-refractivity contribution is 0.0527. The third kappa shape index (κ3) is 3.85. The maximum Gasteiger partial charge on any atom is 0.340 e. The number of benzene rings is 2. The van der Waals surface area contributed by atoms with Crippen molar-refractivity contribution >= 4 is 21.7 Å². The van der Waals surface area contributed by atoms with Crippen molar-refractivity contribution in [2.45, 2.75) is 37.5 Å². The van der Waals surface area contributed by atoms with Gasteiger partial charge in [-0.25, -0.2) is 13.2 Å². The van der Waals surface area contributed by atoms with Gasteiger partial charge in [0.15, 0.2) is 0 Å². The molecule has 0 aliphatic heterocycles. The summed E-state index contributed by atoms with van der Waals surface area (Å²) in [5.74, 6) is -0.550. The van der Waals surface area contributed by atoms with Gasteiger partial charge in [-0.1, -0.05) is 18.2 Å². The van der Waals surface area contributed by atoms with Crippen LogP contribution in [0.4, 0.5) is 5.69 Å². The van der Waals surface area contributed by atoms with Crippen LogP contribution < -0.4 is 4.72 Å². The Morgan fingerprint density at radius 1 is 1.08 bits per heavy atom. The van der Waals surface area contributed by atoms with Gasteiger partial charge >= 0.3 is 5.97 Å². The van der Waals surface area contributed by atoms with Crippen LogP contribution in [-0.2, 0) is 27.6 Å². The summed E-state index contributed by atoms with van der Waals surface area (Å²) in [5, 5.41) is 0. The topological polar surface area (TPSA) is 72.5 Å². The fourth-order valence-corrected chi connectivity index (χ4v) is 4.17. The van der Waals surface area contributed by atoms with Crippen LogP contribution in [0.25, 0.3) is 0 Å². The quantitative estimate of drug-likeness (QED) is 0.829. The van der Waals surface area contributed by atoms with Gasteiger partial charge in [0.05, 0.1) is 22.8 Å². The number of para-hydroxylation sites is 1. The minimum absolute atomic E-state index is 0.200. The molecule has 0 bridgehead atoms. The Morgan fingerprint density at radius 3 is 2.56 bits per heavy atom. The molecule has 0 saturated heterocycles. The molecule has 0 spiro atoms. The Bertz CT molecular complexity index is 890. The van der Waals surface area contributed by atoms with Gasteiger partial charge in [-0.3, -0.25) is 4.72 Å². The molecule has 3 rings (SSSR count). The van der Waals surface area contributed by atoms with Crippen molar-refractivity contribution in [3.05, 3.63) is 59.2 Å². The van der Waals surface area contributed by atoms with Gasteiger partial charge in [0.25, 0.3) is 10.0 Å². The molecule has 1 N–H and O–H groups in total. The minimum atomic E-state index is -3.78. The first-order valence-corrected chi connectivity index (χ1v) is 9.90. The molecule has 132 valence electrons. The van der Waals surface area contributed by atoms with E-state index in [2.05, 4.69) is 4.72 Å². The number of ether oxygens (including phenoxy) is 1. The molecule has 0 aromatic heterocycles. The highest BCUT2D eigenvalue weighted by atomic mass is 32.2. The van der Waals surface area contributed by atoms with E-state index in [4.69, 9.17) is 4.74 Å². The van der Waals surface area contributed by atoms with E-state index in [9.17, 15) is 13.2 Å². The highest BCUT2D eigenvalue weighted by Gasteiger charge is 2.21. The van der Waals surface area contributed by atoms with Crippen LogP contribution >= 0.6 is 0 Å². The van der Waals surface area contributed by atoms with E-state index in [0.717, 1.165) is 31.2 Å². The summed E-state index contributed by atoms with van der Waals surface area (Å²) in [7, 11) is -3.78. The third-order valence-corrected chi connectivity index (χ3v) is 5.66. The number of fused-ring (bicyclic) bond motifs is 1. The van der Waals surface area contributed by atoms with Gasteiger partial charge in [-0.15, -0.1) is 0 Å². The number of anilines is 1. The van der Waals surface area contributed by atoms with Gasteiger partial charge < -0.3 is 4.74 Å². The van der Waals surface area contributed by atoms with Gasteiger partial charge in [0.2, 0.25) is 0 Å². The molecule has 2 aromatic carbocycles. The number of sulfonamides is 1. The summed E-state index contributed by atoms with van der Waals surface area (Å²) in [4.78, 5) is 12.2. The van der Waals surface area contributed by atoms with E-state index >= 15 is 0 Å². The van der Waals surface area contributed by atoms with Crippen LogP contribution in [0.5, 0.6) is 0 Å². The van der Waals surface area contributed by atoms with Crippen LogP contribution in [0.3, 0.4) is 0 Å². The molecular weight excluding hydrogens is 338 g/mol. The number of carbonyl (C=O) groups excluding carboxylic acids is 1. The summed E-state index contributed by atoms with van der Waals surface area (Å²) in [6.07, 6.45) is 4.12. The summed E-state index contributed by atoms with van der Waals surface area (Å²) < 4.78 is 33.0. The second-order valence-electron chi connectivity index (χ2n) is 6.01. The first-order valence-electron chi connectivity index (χ1n) is 8.42. The van der Waals surface area contributed by atoms with Gasteiger partial charge in [-0.2, -0.15) is 0 Å². The van der Waals surface area contributed by atoms with Crippen molar-refractivity contribution in [2.24, 2.45) is 0 Å². The van der Waals surface area contributed by atoms with Crippen molar-refractivity contribution in [2.75, 3.05) is 11.3 Å². The molecule has 0 amide bonds. The number of nitrogens with one attached hydrogen (secondary N) is 1. The zero-order valence-electron chi connectivity index (χ0n) is 14.1. The number of aryl methyl sites for hydroxylation is 2. The molecule has 1 aliphatic carbocycles.